The minimum absolute atomic E-state index is 0.252. The van der Waals surface area contributed by atoms with Gasteiger partial charge in [0.25, 0.3) is 5.91 Å². The molecule has 3 aromatic heterocycles. The van der Waals surface area contributed by atoms with Gasteiger partial charge in [-0.1, -0.05) is 18.2 Å². The molecule has 28 heavy (non-hydrogen) atoms. The summed E-state index contributed by atoms with van der Waals surface area (Å²) in [6.07, 6.45) is 3.92. The highest BCUT2D eigenvalue weighted by molar-refractivity contribution is 5.92. The lowest BCUT2D eigenvalue weighted by Gasteiger charge is -2.07. The molecule has 1 amide bonds. The fraction of sp³-hybridized carbons (Fsp3) is 0.0952. The van der Waals surface area contributed by atoms with Crippen LogP contribution in [0.5, 0.6) is 0 Å². The topological polar surface area (TPSA) is 75.1 Å². The van der Waals surface area contributed by atoms with Crippen molar-refractivity contribution >= 4 is 11.4 Å². The van der Waals surface area contributed by atoms with E-state index in [4.69, 9.17) is 5.26 Å². The molecule has 7 heteroatoms. The highest BCUT2D eigenvalue weighted by Crippen LogP contribution is 2.23. The zero-order chi connectivity index (χ0) is 19.5. The van der Waals surface area contributed by atoms with Gasteiger partial charge in [0, 0.05) is 24.5 Å². The SMILES string of the molecule is N#CCCNC(=O)c1ccn(-c2ccc3ccc(-c4ccc(F)cc4)cn23)n1. The molecule has 0 aliphatic rings. The van der Waals surface area contributed by atoms with E-state index >= 15 is 0 Å². The molecule has 4 rings (SSSR count). The van der Waals surface area contributed by atoms with E-state index in [1.165, 1.54) is 12.1 Å². The van der Waals surface area contributed by atoms with E-state index in [1.54, 1.807) is 29.1 Å². The largest absolute Gasteiger partial charge is 0.350 e. The van der Waals surface area contributed by atoms with Gasteiger partial charge in [0.15, 0.2) is 5.69 Å². The molecule has 6 nitrogen and oxygen atoms in total. The van der Waals surface area contributed by atoms with Gasteiger partial charge in [-0.2, -0.15) is 10.4 Å². The first-order valence-corrected chi connectivity index (χ1v) is 8.74. The van der Waals surface area contributed by atoms with Crippen LogP contribution < -0.4 is 5.32 Å². The van der Waals surface area contributed by atoms with Crippen LogP contribution in [0.2, 0.25) is 0 Å². The quantitative estimate of drug-likeness (QED) is 0.544. The van der Waals surface area contributed by atoms with Crippen molar-refractivity contribution in [2.45, 2.75) is 6.42 Å². The third-order valence-corrected chi connectivity index (χ3v) is 4.39. The average molecular weight is 373 g/mol. The van der Waals surface area contributed by atoms with Crippen LogP contribution in [0.3, 0.4) is 0 Å². The summed E-state index contributed by atoms with van der Waals surface area (Å²) in [5.41, 5.74) is 3.09. The monoisotopic (exact) mass is 373 g/mol. The summed E-state index contributed by atoms with van der Waals surface area (Å²) < 4.78 is 16.8. The summed E-state index contributed by atoms with van der Waals surface area (Å²) in [5.74, 6) is 0.181. The van der Waals surface area contributed by atoms with Crippen molar-refractivity contribution in [1.29, 1.82) is 5.26 Å². The molecule has 0 atom stereocenters. The first kappa shape index (κ1) is 17.5. The number of aromatic nitrogens is 3. The molecule has 4 aromatic rings. The van der Waals surface area contributed by atoms with Crippen LogP contribution in [0.25, 0.3) is 22.5 Å². The normalized spacial score (nSPS) is 10.7. The number of carbonyl (C=O) groups is 1. The van der Waals surface area contributed by atoms with Gasteiger partial charge >= 0.3 is 0 Å². The summed E-state index contributed by atoms with van der Waals surface area (Å²) >= 11 is 0. The summed E-state index contributed by atoms with van der Waals surface area (Å²) in [6.45, 7) is 0.289. The third-order valence-electron chi connectivity index (χ3n) is 4.39. The molecule has 0 unspecified atom stereocenters. The second-order valence-corrected chi connectivity index (χ2v) is 6.22. The fourth-order valence-corrected chi connectivity index (χ4v) is 2.98. The van der Waals surface area contributed by atoms with E-state index < -0.39 is 0 Å². The number of fused-ring (bicyclic) bond motifs is 1. The number of amides is 1. The van der Waals surface area contributed by atoms with Crippen molar-refractivity contribution < 1.29 is 9.18 Å². The maximum Gasteiger partial charge on any atom is 0.271 e. The van der Waals surface area contributed by atoms with Crippen LogP contribution in [0.4, 0.5) is 4.39 Å². The summed E-state index contributed by atoms with van der Waals surface area (Å²) in [6, 6.07) is 17.8. The molecule has 1 N–H and O–H groups in total. The highest BCUT2D eigenvalue weighted by atomic mass is 19.1. The van der Waals surface area contributed by atoms with Crippen molar-refractivity contribution in [2.24, 2.45) is 0 Å². The number of carbonyl (C=O) groups excluding carboxylic acids is 1. The minimum Gasteiger partial charge on any atom is -0.350 e. The van der Waals surface area contributed by atoms with Crippen molar-refractivity contribution in [2.75, 3.05) is 6.54 Å². The van der Waals surface area contributed by atoms with E-state index in [1.807, 2.05) is 40.9 Å². The molecule has 3 heterocycles. The lowest BCUT2D eigenvalue weighted by atomic mass is 10.1. The Kier molecular flexibility index (Phi) is 4.60. The van der Waals surface area contributed by atoms with Gasteiger partial charge in [-0.25, -0.2) is 9.07 Å². The van der Waals surface area contributed by atoms with Crippen LogP contribution in [0, 0.1) is 17.1 Å². The molecule has 0 bridgehead atoms. The molecule has 0 saturated heterocycles. The number of nitrogens with one attached hydrogen (secondary N) is 1. The number of halogens is 1. The summed E-state index contributed by atoms with van der Waals surface area (Å²) in [5, 5.41) is 15.6. The second kappa shape index (κ2) is 7.37. The maximum absolute atomic E-state index is 13.2. The van der Waals surface area contributed by atoms with Crippen molar-refractivity contribution in [3.8, 4) is 23.0 Å². The zero-order valence-corrected chi connectivity index (χ0v) is 14.8. The van der Waals surface area contributed by atoms with Crippen molar-refractivity contribution in [1.82, 2.24) is 19.5 Å². The molecule has 0 radical (unpaired) electrons. The molecule has 138 valence electrons. The first-order chi connectivity index (χ1) is 13.7. The smallest absolute Gasteiger partial charge is 0.271 e. The molecule has 0 fully saturated rings. The number of nitriles is 1. The predicted molar refractivity (Wildman–Crippen MR) is 102 cm³/mol. The third kappa shape index (κ3) is 3.35. The van der Waals surface area contributed by atoms with Crippen LogP contribution >= 0.6 is 0 Å². The number of rotatable bonds is 5. The van der Waals surface area contributed by atoms with Gasteiger partial charge in [-0.05, 0) is 47.5 Å². The second-order valence-electron chi connectivity index (χ2n) is 6.22. The molecule has 0 aliphatic carbocycles. The molecular weight excluding hydrogens is 357 g/mol. The van der Waals surface area contributed by atoms with E-state index in [0.717, 1.165) is 22.5 Å². The Balaban J connectivity index is 1.66. The zero-order valence-electron chi connectivity index (χ0n) is 14.8. The van der Waals surface area contributed by atoms with Crippen LogP contribution in [0.15, 0.2) is 67.0 Å². The summed E-state index contributed by atoms with van der Waals surface area (Å²) in [4.78, 5) is 12.1. The molecule has 1 aromatic carbocycles. The Labute approximate surface area is 160 Å². The standard InChI is InChI=1S/C21H16FN5O/c22-17-5-2-15(3-6-17)16-4-7-18-8-9-20(26(18)14-16)27-13-10-19(25-27)21(28)24-12-1-11-23/h2-10,13-14H,1,12H2,(H,24,28). The molecule has 0 saturated carbocycles. The predicted octanol–water partition coefficient (Wildman–Crippen LogP) is 3.57. The van der Waals surface area contributed by atoms with Gasteiger partial charge in [-0.3, -0.25) is 4.79 Å². The lowest BCUT2D eigenvalue weighted by Crippen LogP contribution is -2.24. The van der Waals surface area contributed by atoms with Gasteiger partial charge < -0.3 is 9.72 Å². The van der Waals surface area contributed by atoms with Gasteiger partial charge in [0.05, 0.1) is 12.5 Å². The van der Waals surface area contributed by atoms with Gasteiger partial charge in [-0.15, -0.1) is 0 Å². The number of hydrogen-bond acceptors (Lipinski definition) is 3. The highest BCUT2D eigenvalue weighted by Gasteiger charge is 2.12. The van der Waals surface area contributed by atoms with E-state index in [2.05, 4.69) is 10.4 Å². The van der Waals surface area contributed by atoms with Gasteiger partial charge in [0.1, 0.15) is 11.6 Å². The molecule has 0 spiro atoms. The Morgan fingerprint density at radius 2 is 1.82 bits per heavy atom. The molecule has 0 aliphatic heterocycles. The maximum atomic E-state index is 13.2. The van der Waals surface area contributed by atoms with E-state index in [9.17, 15) is 9.18 Å². The Morgan fingerprint density at radius 1 is 1.07 bits per heavy atom. The van der Waals surface area contributed by atoms with Crippen molar-refractivity contribution in [3.63, 3.8) is 0 Å². The molecular formula is C21H16FN5O. The van der Waals surface area contributed by atoms with Gasteiger partial charge in [0.2, 0.25) is 0 Å². The fourth-order valence-electron chi connectivity index (χ4n) is 2.98. The number of benzene rings is 1. The number of hydrogen-bond donors (Lipinski definition) is 1. The Hall–Kier alpha value is -3.92. The average Bonchev–Trinajstić information content (AvgIpc) is 3.35. The first-order valence-electron chi connectivity index (χ1n) is 8.74. The van der Waals surface area contributed by atoms with E-state index in [0.29, 0.717) is 0 Å². The lowest BCUT2D eigenvalue weighted by molar-refractivity contribution is 0.0949. The Bertz CT molecular complexity index is 1180. The Morgan fingerprint density at radius 3 is 2.61 bits per heavy atom. The van der Waals surface area contributed by atoms with Crippen molar-refractivity contribution in [3.05, 3.63) is 78.5 Å². The number of pyridine rings is 1. The van der Waals surface area contributed by atoms with Crippen LogP contribution in [-0.2, 0) is 0 Å². The number of nitrogens with zero attached hydrogens (tertiary/aromatic N) is 4. The van der Waals surface area contributed by atoms with Crippen LogP contribution in [0.1, 0.15) is 16.9 Å². The van der Waals surface area contributed by atoms with Crippen LogP contribution in [-0.4, -0.2) is 26.6 Å². The van der Waals surface area contributed by atoms with E-state index in [-0.39, 0.29) is 30.4 Å². The summed E-state index contributed by atoms with van der Waals surface area (Å²) in [7, 11) is 0. The minimum atomic E-state index is -0.318.